The first-order valence-electron chi connectivity index (χ1n) is 8.63. The van der Waals surface area contributed by atoms with Crippen molar-refractivity contribution in [1.82, 2.24) is 0 Å². The normalized spacial score (nSPS) is 16.4. The summed E-state index contributed by atoms with van der Waals surface area (Å²) in [6.07, 6.45) is 5.02. The average molecular weight is 403 g/mol. The molecule has 0 unspecified atom stereocenters. The third-order valence-electron chi connectivity index (χ3n) is 5.08. The van der Waals surface area contributed by atoms with Gasteiger partial charge in [-0.15, -0.1) is 0 Å². The van der Waals surface area contributed by atoms with Crippen molar-refractivity contribution in [3.8, 4) is 0 Å². The Morgan fingerprint density at radius 1 is 1.17 bits per heavy atom. The van der Waals surface area contributed by atoms with Crippen LogP contribution in [-0.2, 0) is 37.5 Å². The number of amides is 1. The van der Waals surface area contributed by atoms with E-state index in [1.54, 1.807) is 0 Å². The predicted octanol–water partition coefficient (Wildman–Crippen LogP) is 4.20. The second-order valence-electron chi connectivity index (χ2n) is 6.79. The quantitative estimate of drug-likeness (QED) is 0.593. The molecule has 24 heavy (non-hydrogen) atoms. The van der Waals surface area contributed by atoms with E-state index in [0.717, 1.165) is 40.9 Å². The van der Waals surface area contributed by atoms with E-state index in [2.05, 4.69) is 17.1 Å². The van der Waals surface area contributed by atoms with Gasteiger partial charge < -0.3 is 9.80 Å². The first kappa shape index (κ1) is 21.3. The Morgan fingerprint density at radius 3 is 2.17 bits per heavy atom. The topological polar surface area (TPSA) is 33.5 Å². The molecular weight excluding hydrogens is 375 g/mol. The van der Waals surface area contributed by atoms with E-state index in [1.807, 2.05) is 26.0 Å². The molecule has 0 aromatic heterocycles. The van der Waals surface area contributed by atoms with E-state index in [1.165, 1.54) is 25.7 Å². The van der Waals surface area contributed by atoms with Gasteiger partial charge in [-0.25, -0.2) is 4.85 Å². The Kier molecular flexibility index (Phi) is 8.56. The van der Waals surface area contributed by atoms with Gasteiger partial charge in [-0.1, -0.05) is 12.1 Å². The second-order valence-corrected chi connectivity index (χ2v) is 6.79. The summed E-state index contributed by atoms with van der Waals surface area (Å²) < 4.78 is 0.907. The molecule has 1 aliphatic rings. The summed E-state index contributed by atoms with van der Waals surface area (Å²) in [5.41, 5.74) is 3.42. The number of nitrogens with zero attached hydrogens (tertiary/aromatic N) is 2. The van der Waals surface area contributed by atoms with Crippen LogP contribution in [0.3, 0.4) is 0 Å². The summed E-state index contributed by atoms with van der Waals surface area (Å²) in [5.74, 6) is 0.0931. The van der Waals surface area contributed by atoms with Gasteiger partial charge in [0.05, 0.1) is 26.2 Å². The van der Waals surface area contributed by atoms with Gasteiger partial charge in [0, 0.05) is 38.4 Å². The zero-order valence-corrected chi connectivity index (χ0v) is 18.0. The number of aryl methyl sites for hydroxylation is 2. The predicted molar refractivity (Wildman–Crippen MR) is 94.7 cm³/mol. The van der Waals surface area contributed by atoms with Crippen LogP contribution in [0.5, 0.6) is 0 Å². The zero-order valence-electron chi connectivity index (χ0n) is 15.2. The molecule has 1 radical (unpaired) electrons. The van der Waals surface area contributed by atoms with Gasteiger partial charge in [-0.2, -0.15) is 0 Å². The summed E-state index contributed by atoms with van der Waals surface area (Å²) in [5, 5.41) is 3.10. The van der Waals surface area contributed by atoms with Crippen molar-refractivity contribution < 1.29 is 42.0 Å². The maximum absolute atomic E-state index is 12.6. The molecule has 0 atom stereocenters. The molecule has 5 heteroatoms. The number of benzene rings is 1. The molecule has 1 aliphatic heterocycles. The van der Waals surface area contributed by atoms with E-state index in [9.17, 15) is 4.79 Å². The Balaban J connectivity index is 0.00000288. The number of likely N-dealkylation sites (N-methyl/N-ethyl adjacent to an activating group) is 1. The van der Waals surface area contributed by atoms with E-state index >= 15 is 0 Å². The van der Waals surface area contributed by atoms with E-state index in [4.69, 9.17) is 6.57 Å². The molecule has 0 saturated carbocycles. The van der Waals surface area contributed by atoms with Crippen LogP contribution in [0.25, 0.3) is 4.85 Å². The molecule has 1 saturated heterocycles. The SMILES string of the molecule is [C-]#[N+]c1cc(C)c(NC(=O)C[N+]2(CC)CCCCCC2)c(C)c1.[Y]. The van der Waals surface area contributed by atoms with Crippen LogP contribution in [0, 0.1) is 20.4 Å². The summed E-state index contributed by atoms with van der Waals surface area (Å²) in [4.78, 5) is 16.1. The van der Waals surface area contributed by atoms with Crippen LogP contribution in [-0.4, -0.2) is 36.6 Å². The van der Waals surface area contributed by atoms with Gasteiger partial charge >= 0.3 is 0 Å². The number of anilines is 1. The minimum atomic E-state index is 0. The molecule has 0 bridgehead atoms. The fourth-order valence-corrected chi connectivity index (χ4v) is 3.63. The van der Waals surface area contributed by atoms with E-state index in [-0.39, 0.29) is 38.6 Å². The number of rotatable bonds is 4. The smallest absolute Gasteiger partial charge is 0.279 e. The summed E-state index contributed by atoms with van der Waals surface area (Å²) in [6.45, 7) is 17.0. The Morgan fingerprint density at radius 2 is 1.71 bits per heavy atom. The standard InChI is InChI=1S/C19H27N3O.Y/c1-5-22(10-8-6-7-9-11-22)14-18(23)21-19-15(2)12-17(20-4)13-16(19)3;/h12-13H,5-11,14H2,1-3H3;/p+1. The molecule has 0 aliphatic carbocycles. The molecule has 0 spiro atoms. The maximum atomic E-state index is 12.6. The van der Waals surface area contributed by atoms with Gasteiger partial charge in [0.1, 0.15) is 0 Å². The molecule has 1 fully saturated rings. The fraction of sp³-hybridized carbons (Fsp3) is 0.579. The van der Waals surface area contributed by atoms with E-state index in [0.29, 0.717) is 12.2 Å². The van der Waals surface area contributed by atoms with Crippen molar-refractivity contribution in [3.63, 3.8) is 0 Å². The van der Waals surface area contributed by atoms with Crippen molar-refractivity contribution in [1.29, 1.82) is 0 Å². The van der Waals surface area contributed by atoms with Crippen LogP contribution in [0.2, 0.25) is 0 Å². The summed E-state index contributed by atoms with van der Waals surface area (Å²) >= 11 is 0. The molecule has 1 aromatic carbocycles. The summed E-state index contributed by atoms with van der Waals surface area (Å²) in [7, 11) is 0. The summed E-state index contributed by atoms with van der Waals surface area (Å²) in [6, 6.07) is 3.68. The second kappa shape index (κ2) is 9.66. The van der Waals surface area contributed by atoms with Crippen molar-refractivity contribution in [2.75, 3.05) is 31.5 Å². The Labute approximate surface area is 171 Å². The molecule has 1 N–H and O–H groups in total. The first-order valence-corrected chi connectivity index (χ1v) is 8.63. The molecule has 2 rings (SSSR count). The number of quaternary nitrogens is 1. The van der Waals surface area contributed by atoms with Crippen LogP contribution >= 0.6 is 0 Å². The number of carbonyl (C=O) groups excluding carboxylic acids is 1. The van der Waals surface area contributed by atoms with Gasteiger partial charge in [-0.05, 0) is 57.6 Å². The third-order valence-corrected chi connectivity index (χ3v) is 5.08. The molecule has 4 nitrogen and oxygen atoms in total. The third kappa shape index (κ3) is 5.38. The van der Waals surface area contributed by atoms with Crippen LogP contribution < -0.4 is 5.32 Å². The molecule has 1 amide bonds. The average Bonchev–Trinajstić information content (AvgIpc) is 2.76. The van der Waals surface area contributed by atoms with Crippen LogP contribution in [0.4, 0.5) is 11.4 Å². The van der Waals surface area contributed by atoms with Crippen molar-refractivity contribution >= 4 is 17.3 Å². The monoisotopic (exact) mass is 403 g/mol. The maximum Gasteiger partial charge on any atom is 0.279 e. The Hall–Kier alpha value is -0.756. The van der Waals surface area contributed by atoms with Crippen LogP contribution in [0.1, 0.15) is 43.7 Å². The van der Waals surface area contributed by atoms with Crippen molar-refractivity contribution in [3.05, 3.63) is 34.7 Å². The number of hydrogen-bond acceptors (Lipinski definition) is 1. The van der Waals surface area contributed by atoms with Gasteiger partial charge in [0.15, 0.2) is 12.2 Å². The molecule has 127 valence electrons. The minimum Gasteiger partial charge on any atom is -0.321 e. The van der Waals surface area contributed by atoms with Gasteiger partial charge in [0.2, 0.25) is 0 Å². The number of likely N-dealkylation sites (tertiary alicyclic amines) is 1. The van der Waals surface area contributed by atoms with Crippen molar-refractivity contribution in [2.24, 2.45) is 0 Å². The number of hydrogen-bond donors (Lipinski definition) is 1. The minimum absolute atomic E-state index is 0. The number of nitrogens with one attached hydrogen (secondary N) is 1. The molecular formula is C19H28N3OY+. The van der Waals surface area contributed by atoms with Gasteiger partial charge in [0.25, 0.3) is 5.91 Å². The zero-order chi connectivity index (χ0) is 16.9. The Bertz CT molecular complexity index is 591. The largest absolute Gasteiger partial charge is 0.321 e. The molecule has 1 heterocycles. The van der Waals surface area contributed by atoms with Crippen molar-refractivity contribution in [2.45, 2.75) is 46.5 Å². The van der Waals surface area contributed by atoms with E-state index < -0.39 is 0 Å². The fourth-order valence-electron chi connectivity index (χ4n) is 3.63. The van der Waals surface area contributed by atoms with Gasteiger partial charge in [-0.3, -0.25) is 4.79 Å². The molecule has 1 aromatic rings. The van der Waals surface area contributed by atoms with Crippen LogP contribution in [0.15, 0.2) is 12.1 Å². The first-order chi connectivity index (χ1) is 11.0. The number of carbonyl (C=O) groups is 1.